The van der Waals surface area contributed by atoms with Gasteiger partial charge in [-0.1, -0.05) is 12.1 Å². The molecule has 2 aromatic rings. The van der Waals surface area contributed by atoms with Gasteiger partial charge in [0.05, 0.1) is 12.7 Å². The Labute approximate surface area is 138 Å². The highest BCUT2D eigenvalue weighted by atomic mass is 16.5. The van der Waals surface area contributed by atoms with Crippen molar-refractivity contribution in [3.63, 3.8) is 0 Å². The molecule has 0 heterocycles. The molecule has 2 rings (SSSR count). The van der Waals surface area contributed by atoms with E-state index in [1.54, 1.807) is 42.5 Å². The minimum atomic E-state index is -1.00. The van der Waals surface area contributed by atoms with Crippen molar-refractivity contribution in [2.45, 2.75) is 0 Å². The fraction of sp³-hybridized carbons (Fsp3) is 0.0556. The van der Waals surface area contributed by atoms with Gasteiger partial charge in [0.15, 0.2) is 0 Å². The number of carboxylic acids is 1. The second kappa shape index (κ2) is 7.61. The van der Waals surface area contributed by atoms with Gasteiger partial charge in [-0.15, -0.1) is 0 Å². The molecule has 1 N–H and O–H groups in total. The maximum atomic E-state index is 11.4. The van der Waals surface area contributed by atoms with E-state index in [9.17, 15) is 9.59 Å². The first-order chi connectivity index (χ1) is 11.5. The van der Waals surface area contributed by atoms with Gasteiger partial charge in [0.2, 0.25) is 0 Å². The number of nitriles is 1. The number of rotatable bonds is 5. The van der Waals surface area contributed by atoms with Crippen molar-refractivity contribution < 1.29 is 24.2 Å². The molecule has 0 fully saturated rings. The van der Waals surface area contributed by atoms with Gasteiger partial charge >= 0.3 is 11.9 Å². The minimum Gasteiger partial charge on any atom is -0.478 e. The molecule has 120 valence electrons. The number of carbonyl (C=O) groups excluding carboxylic acids is 1. The smallest absolute Gasteiger partial charge is 0.348 e. The molecular weight excluding hydrogens is 310 g/mol. The van der Waals surface area contributed by atoms with Crippen molar-refractivity contribution in [2.24, 2.45) is 0 Å². The molecule has 0 aliphatic rings. The normalized spacial score (nSPS) is 10.6. The molecular formula is C18H13NO5. The van der Waals surface area contributed by atoms with Gasteiger partial charge in [0, 0.05) is 0 Å². The van der Waals surface area contributed by atoms with Crippen LogP contribution >= 0.6 is 0 Å². The molecule has 6 nitrogen and oxygen atoms in total. The minimum absolute atomic E-state index is 0.101. The lowest BCUT2D eigenvalue weighted by Crippen LogP contribution is -2.02. The van der Waals surface area contributed by atoms with Crippen LogP contribution in [0.4, 0.5) is 0 Å². The van der Waals surface area contributed by atoms with Gasteiger partial charge in [0.1, 0.15) is 23.1 Å². The summed E-state index contributed by atoms with van der Waals surface area (Å²) >= 11 is 0. The Morgan fingerprint density at radius 1 is 1.04 bits per heavy atom. The van der Waals surface area contributed by atoms with Crippen molar-refractivity contribution in [3.8, 4) is 17.6 Å². The Hall–Kier alpha value is -3.59. The van der Waals surface area contributed by atoms with E-state index in [0.29, 0.717) is 17.1 Å². The number of methoxy groups -OCH3 is 1. The van der Waals surface area contributed by atoms with Crippen molar-refractivity contribution in [1.82, 2.24) is 0 Å². The largest absolute Gasteiger partial charge is 0.478 e. The molecule has 24 heavy (non-hydrogen) atoms. The molecule has 0 aliphatic carbocycles. The van der Waals surface area contributed by atoms with Crippen LogP contribution in [0.5, 0.6) is 11.5 Å². The SMILES string of the molecule is COC(=O)/C(C#N)=C/c1ccc(Oc2ccc(C(=O)O)cc2)cc1. The van der Waals surface area contributed by atoms with Crippen LogP contribution in [0.15, 0.2) is 54.1 Å². The topological polar surface area (TPSA) is 96.6 Å². The zero-order valence-electron chi connectivity index (χ0n) is 12.7. The predicted octanol–water partition coefficient (Wildman–Crippen LogP) is 3.26. The van der Waals surface area contributed by atoms with Gasteiger partial charge in [-0.25, -0.2) is 9.59 Å². The van der Waals surface area contributed by atoms with E-state index in [1.165, 1.54) is 25.3 Å². The number of benzene rings is 2. The van der Waals surface area contributed by atoms with Crippen LogP contribution in [0, 0.1) is 11.3 Å². The first-order valence-electron chi connectivity index (χ1n) is 6.85. The number of hydrogen-bond acceptors (Lipinski definition) is 5. The second-order valence-electron chi connectivity index (χ2n) is 4.66. The molecule has 0 spiro atoms. The standard InChI is InChI=1S/C18H13NO5/c1-23-18(22)14(11-19)10-12-2-6-15(7-3-12)24-16-8-4-13(5-9-16)17(20)21/h2-10H,1H3,(H,20,21)/b14-10+. The van der Waals surface area contributed by atoms with Crippen molar-refractivity contribution >= 4 is 18.0 Å². The van der Waals surface area contributed by atoms with E-state index in [-0.39, 0.29) is 11.1 Å². The average molecular weight is 323 g/mol. The lowest BCUT2D eigenvalue weighted by Gasteiger charge is -2.06. The maximum absolute atomic E-state index is 11.4. The van der Waals surface area contributed by atoms with Crippen LogP contribution in [0.25, 0.3) is 6.08 Å². The molecule has 0 amide bonds. The number of ether oxygens (including phenoxy) is 2. The summed E-state index contributed by atoms with van der Waals surface area (Å²) < 4.78 is 10.1. The zero-order valence-corrected chi connectivity index (χ0v) is 12.7. The predicted molar refractivity (Wildman–Crippen MR) is 85.5 cm³/mol. The third kappa shape index (κ3) is 4.21. The van der Waals surface area contributed by atoms with Crippen molar-refractivity contribution in [2.75, 3.05) is 7.11 Å². The molecule has 0 radical (unpaired) electrons. The van der Waals surface area contributed by atoms with Gasteiger partial charge in [-0.05, 0) is 48.0 Å². The van der Waals surface area contributed by atoms with E-state index < -0.39 is 11.9 Å². The number of aromatic carboxylic acids is 1. The molecule has 0 bridgehead atoms. The summed E-state index contributed by atoms with van der Waals surface area (Å²) in [4.78, 5) is 22.1. The second-order valence-corrected chi connectivity index (χ2v) is 4.66. The fourth-order valence-corrected chi connectivity index (χ4v) is 1.85. The van der Waals surface area contributed by atoms with E-state index in [2.05, 4.69) is 4.74 Å². The molecule has 0 saturated heterocycles. The Bertz CT molecular complexity index is 814. The first-order valence-corrected chi connectivity index (χ1v) is 6.85. The van der Waals surface area contributed by atoms with Crippen LogP contribution < -0.4 is 4.74 Å². The molecule has 0 aromatic heterocycles. The van der Waals surface area contributed by atoms with E-state index in [0.717, 1.165) is 0 Å². The molecule has 0 atom stereocenters. The molecule has 0 aliphatic heterocycles. The molecule has 0 unspecified atom stereocenters. The van der Waals surface area contributed by atoms with Crippen LogP contribution in [-0.2, 0) is 9.53 Å². The highest BCUT2D eigenvalue weighted by molar-refractivity contribution is 5.97. The monoisotopic (exact) mass is 323 g/mol. The van der Waals surface area contributed by atoms with E-state index in [1.807, 2.05) is 0 Å². The van der Waals surface area contributed by atoms with Gasteiger partial charge < -0.3 is 14.6 Å². The zero-order chi connectivity index (χ0) is 17.5. The maximum Gasteiger partial charge on any atom is 0.348 e. The first kappa shape index (κ1) is 16.8. The molecule has 2 aromatic carbocycles. The lowest BCUT2D eigenvalue weighted by molar-refractivity contribution is -0.135. The van der Waals surface area contributed by atoms with E-state index in [4.69, 9.17) is 15.1 Å². The molecule has 0 saturated carbocycles. The Morgan fingerprint density at radius 2 is 1.58 bits per heavy atom. The number of carbonyl (C=O) groups is 2. The van der Waals surface area contributed by atoms with Gasteiger partial charge in [0.25, 0.3) is 0 Å². The average Bonchev–Trinajstić information content (AvgIpc) is 2.61. The summed E-state index contributed by atoms with van der Waals surface area (Å²) in [5, 5.41) is 17.8. The van der Waals surface area contributed by atoms with Gasteiger partial charge in [-0.3, -0.25) is 0 Å². The van der Waals surface area contributed by atoms with Crippen molar-refractivity contribution in [1.29, 1.82) is 5.26 Å². The summed E-state index contributed by atoms with van der Waals surface area (Å²) in [6.45, 7) is 0. The van der Waals surface area contributed by atoms with Gasteiger partial charge in [-0.2, -0.15) is 5.26 Å². The Morgan fingerprint density at radius 3 is 2.04 bits per heavy atom. The van der Waals surface area contributed by atoms with Crippen LogP contribution in [0.1, 0.15) is 15.9 Å². The third-order valence-electron chi connectivity index (χ3n) is 3.05. The number of carboxylic acid groups (broad SMARTS) is 1. The van der Waals surface area contributed by atoms with Crippen molar-refractivity contribution in [3.05, 3.63) is 65.2 Å². The van der Waals surface area contributed by atoms with Crippen LogP contribution in [0.2, 0.25) is 0 Å². The fourth-order valence-electron chi connectivity index (χ4n) is 1.85. The third-order valence-corrected chi connectivity index (χ3v) is 3.05. The summed E-state index contributed by atoms with van der Waals surface area (Å²) in [5.41, 5.74) is 0.718. The Balaban J connectivity index is 2.12. The summed E-state index contributed by atoms with van der Waals surface area (Å²) in [7, 11) is 1.21. The highest BCUT2D eigenvalue weighted by Gasteiger charge is 2.08. The number of hydrogen-bond donors (Lipinski definition) is 1. The summed E-state index contributed by atoms with van der Waals surface area (Å²) in [5.74, 6) is -0.671. The number of nitrogens with zero attached hydrogens (tertiary/aromatic N) is 1. The summed E-state index contributed by atoms with van der Waals surface area (Å²) in [6.07, 6.45) is 1.41. The summed E-state index contributed by atoms with van der Waals surface area (Å²) in [6, 6.07) is 14.5. The van der Waals surface area contributed by atoms with Crippen LogP contribution in [0.3, 0.4) is 0 Å². The lowest BCUT2D eigenvalue weighted by atomic mass is 10.1. The highest BCUT2D eigenvalue weighted by Crippen LogP contribution is 2.22. The molecule has 6 heteroatoms. The quantitative estimate of drug-likeness (QED) is 0.515. The number of esters is 1. The van der Waals surface area contributed by atoms with Crippen LogP contribution in [-0.4, -0.2) is 24.2 Å². The van der Waals surface area contributed by atoms with E-state index >= 15 is 0 Å². The Kier molecular flexibility index (Phi) is 5.32.